The van der Waals surface area contributed by atoms with Crippen molar-refractivity contribution >= 4 is 57.8 Å². The van der Waals surface area contributed by atoms with Gasteiger partial charge in [-0.1, -0.05) is 13.0 Å². The van der Waals surface area contributed by atoms with Gasteiger partial charge >= 0.3 is 0 Å². The predicted molar refractivity (Wildman–Crippen MR) is 127 cm³/mol. The van der Waals surface area contributed by atoms with Crippen LogP contribution in [0.4, 0.5) is 11.4 Å². The summed E-state index contributed by atoms with van der Waals surface area (Å²) in [4.78, 5) is 23.4. The molecule has 0 aliphatic heterocycles. The van der Waals surface area contributed by atoms with Crippen molar-refractivity contribution in [2.45, 2.75) is 33.3 Å². The van der Waals surface area contributed by atoms with Crippen LogP contribution in [0.15, 0.2) is 48.5 Å². The molecular formula is C21H24N4O3S2. The first kappa shape index (κ1) is 23.2. The van der Waals surface area contributed by atoms with E-state index in [-0.39, 0.29) is 28.1 Å². The molecule has 0 aliphatic carbocycles. The van der Waals surface area contributed by atoms with Crippen LogP contribution < -0.4 is 26.0 Å². The second-order valence-corrected chi connectivity index (χ2v) is 7.30. The molecule has 2 aromatic carbocycles. The molecular weight excluding hydrogens is 420 g/mol. The molecule has 0 bridgehead atoms. The molecule has 1 atom stereocenters. The number of thiocarbonyl (C=S) groups is 2. The summed E-state index contributed by atoms with van der Waals surface area (Å²) < 4.78 is 5.75. The molecule has 0 heterocycles. The van der Waals surface area contributed by atoms with E-state index in [0.29, 0.717) is 22.7 Å². The van der Waals surface area contributed by atoms with Crippen LogP contribution in [0.3, 0.4) is 0 Å². The number of amides is 2. The van der Waals surface area contributed by atoms with E-state index in [1.807, 2.05) is 19.9 Å². The van der Waals surface area contributed by atoms with Crippen molar-refractivity contribution in [3.8, 4) is 5.75 Å². The quantitative estimate of drug-likeness (QED) is 0.504. The molecule has 2 aromatic rings. The van der Waals surface area contributed by atoms with E-state index >= 15 is 0 Å². The van der Waals surface area contributed by atoms with Gasteiger partial charge in [0.1, 0.15) is 5.75 Å². The van der Waals surface area contributed by atoms with Gasteiger partial charge in [-0.2, -0.15) is 0 Å². The van der Waals surface area contributed by atoms with Crippen LogP contribution in [0, 0.1) is 0 Å². The normalized spacial score (nSPS) is 11.0. The third kappa shape index (κ3) is 7.76. The molecule has 9 heteroatoms. The van der Waals surface area contributed by atoms with Crippen molar-refractivity contribution in [1.82, 2.24) is 10.6 Å². The number of carbonyl (C=O) groups is 2. The van der Waals surface area contributed by atoms with Gasteiger partial charge in [0.2, 0.25) is 5.91 Å². The van der Waals surface area contributed by atoms with E-state index in [1.54, 1.807) is 42.5 Å². The van der Waals surface area contributed by atoms with Gasteiger partial charge in [0.15, 0.2) is 10.2 Å². The standard InChI is InChI=1S/C21H24N4O3S2/c1-4-13(2)28-18-7-5-6-15(12-18)19(27)25-21(30)24-17-10-8-16(9-11-17)23-20(29)22-14(3)26/h5-13H,4H2,1-3H3,(H2,22,23,26,29)(H2,24,25,27,30)/t13-/m0/s1. The highest BCUT2D eigenvalue weighted by molar-refractivity contribution is 7.80. The Morgan fingerprint density at radius 3 is 2.07 bits per heavy atom. The van der Waals surface area contributed by atoms with Gasteiger partial charge in [-0.25, -0.2) is 0 Å². The number of ether oxygens (including phenoxy) is 1. The lowest BCUT2D eigenvalue weighted by Gasteiger charge is -2.14. The zero-order valence-corrected chi connectivity index (χ0v) is 18.6. The second-order valence-electron chi connectivity index (χ2n) is 6.49. The summed E-state index contributed by atoms with van der Waals surface area (Å²) in [6.07, 6.45) is 0.939. The third-order valence-electron chi connectivity index (χ3n) is 3.93. The summed E-state index contributed by atoms with van der Waals surface area (Å²) in [7, 11) is 0. The van der Waals surface area contributed by atoms with Gasteiger partial charge in [0, 0.05) is 23.9 Å². The Kier molecular flexibility index (Phi) is 8.70. The molecule has 0 aromatic heterocycles. The summed E-state index contributed by atoms with van der Waals surface area (Å²) in [6.45, 7) is 5.39. The lowest BCUT2D eigenvalue weighted by Crippen LogP contribution is -2.34. The summed E-state index contributed by atoms with van der Waals surface area (Å²) in [5.41, 5.74) is 1.84. The van der Waals surface area contributed by atoms with Crippen LogP contribution in [0.25, 0.3) is 0 Å². The predicted octanol–water partition coefficient (Wildman–Crippen LogP) is 3.82. The van der Waals surface area contributed by atoms with Crippen LogP contribution in [-0.2, 0) is 4.79 Å². The van der Waals surface area contributed by atoms with E-state index in [4.69, 9.17) is 29.2 Å². The molecule has 0 aliphatic rings. The minimum absolute atomic E-state index is 0.0658. The zero-order chi connectivity index (χ0) is 22.1. The summed E-state index contributed by atoms with van der Waals surface area (Å²) in [5, 5.41) is 11.4. The van der Waals surface area contributed by atoms with E-state index in [0.717, 1.165) is 6.42 Å². The number of carbonyl (C=O) groups excluding carboxylic acids is 2. The first-order valence-electron chi connectivity index (χ1n) is 9.34. The monoisotopic (exact) mass is 444 g/mol. The fourth-order valence-electron chi connectivity index (χ4n) is 2.32. The minimum Gasteiger partial charge on any atom is -0.491 e. The van der Waals surface area contributed by atoms with Crippen molar-refractivity contribution in [2.75, 3.05) is 10.6 Å². The zero-order valence-electron chi connectivity index (χ0n) is 16.9. The molecule has 0 spiro atoms. The molecule has 7 nitrogen and oxygen atoms in total. The number of nitrogens with one attached hydrogen (secondary N) is 4. The highest BCUT2D eigenvalue weighted by Crippen LogP contribution is 2.16. The molecule has 0 saturated heterocycles. The number of benzene rings is 2. The lowest BCUT2D eigenvalue weighted by molar-refractivity contribution is -0.117. The maximum Gasteiger partial charge on any atom is 0.257 e. The smallest absolute Gasteiger partial charge is 0.257 e. The van der Waals surface area contributed by atoms with Gasteiger partial charge in [-0.05, 0) is 80.2 Å². The molecule has 4 N–H and O–H groups in total. The van der Waals surface area contributed by atoms with E-state index in [2.05, 4.69) is 21.3 Å². The molecule has 2 rings (SSSR count). The average Bonchev–Trinajstić information content (AvgIpc) is 2.68. The van der Waals surface area contributed by atoms with Crippen LogP contribution >= 0.6 is 24.4 Å². The summed E-state index contributed by atoms with van der Waals surface area (Å²) in [5.74, 6) is 0.0565. The maximum absolute atomic E-state index is 12.5. The SMILES string of the molecule is CC[C@H](C)Oc1cccc(C(=O)NC(=S)Nc2ccc(NC(=S)NC(C)=O)cc2)c1. The van der Waals surface area contributed by atoms with Crippen molar-refractivity contribution < 1.29 is 14.3 Å². The van der Waals surface area contributed by atoms with Gasteiger partial charge in [0.25, 0.3) is 5.91 Å². The number of hydrogen-bond acceptors (Lipinski definition) is 5. The summed E-state index contributed by atoms with van der Waals surface area (Å²) in [6, 6.07) is 14.0. The van der Waals surface area contributed by atoms with Gasteiger partial charge in [-0.15, -0.1) is 0 Å². The van der Waals surface area contributed by atoms with Crippen LogP contribution in [0.5, 0.6) is 5.75 Å². The average molecular weight is 445 g/mol. The topological polar surface area (TPSA) is 91.5 Å². The first-order chi connectivity index (χ1) is 14.3. The van der Waals surface area contributed by atoms with Gasteiger partial charge < -0.3 is 20.7 Å². The van der Waals surface area contributed by atoms with E-state index in [9.17, 15) is 9.59 Å². The largest absolute Gasteiger partial charge is 0.491 e. The lowest BCUT2D eigenvalue weighted by atomic mass is 10.2. The first-order valence-corrected chi connectivity index (χ1v) is 10.2. The molecule has 0 fully saturated rings. The molecule has 30 heavy (non-hydrogen) atoms. The molecule has 158 valence electrons. The molecule has 0 unspecified atom stereocenters. The van der Waals surface area contributed by atoms with E-state index < -0.39 is 0 Å². The minimum atomic E-state index is -0.332. The second kappa shape index (κ2) is 11.2. The third-order valence-corrected chi connectivity index (χ3v) is 4.33. The number of rotatable bonds is 6. The molecule has 0 radical (unpaired) electrons. The van der Waals surface area contributed by atoms with Crippen LogP contribution in [0.1, 0.15) is 37.6 Å². The van der Waals surface area contributed by atoms with Gasteiger partial charge in [0.05, 0.1) is 6.10 Å². The Morgan fingerprint density at radius 2 is 1.53 bits per heavy atom. The Labute approximate surface area is 186 Å². The Bertz CT molecular complexity index is 932. The maximum atomic E-state index is 12.5. The van der Waals surface area contributed by atoms with Crippen molar-refractivity contribution in [3.63, 3.8) is 0 Å². The van der Waals surface area contributed by atoms with Crippen molar-refractivity contribution in [2.24, 2.45) is 0 Å². The Hall–Kier alpha value is -3.04. The fraction of sp³-hybridized carbons (Fsp3) is 0.238. The van der Waals surface area contributed by atoms with Crippen LogP contribution in [-0.4, -0.2) is 28.1 Å². The van der Waals surface area contributed by atoms with Crippen molar-refractivity contribution in [1.29, 1.82) is 0 Å². The van der Waals surface area contributed by atoms with Crippen molar-refractivity contribution in [3.05, 3.63) is 54.1 Å². The Morgan fingerprint density at radius 1 is 0.967 bits per heavy atom. The molecule has 2 amide bonds. The fourth-order valence-corrected chi connectivity index (χ4v) is 2.80. The highest BCUT2D eigenvalue weighted by Gasteiger charge is 2.10. The van der Waals surface area contributed by atoms with Crippen LogP contribution in [0.2, 0.25) is 0 Å². The van der Waals surface area contributed by atoms with E-state index in [1.165, 1.54) is 6.92 Å². The number of anilines is 2. The molecule has 0 saturated carbocycles. The highest BCUT2D eigenvalue weighted by atomic mass is 32.1. The van der Waals surface area contributed by atoms with Gasteiger partial charge in [-0.3, -0.25) is 14.9 Å². The number of hydrogen-bond donors (Lipinski definition) is 4. The summed E-state index contributed by atoms with van der Waals surface area (Å²) >= 11 is 10.2. The Balaban J connectivity index is 1.91.